The second kappa shape index (κ2) is 4.69. The molecule has 1 aliphatic carbocycles. The van der Waals surface area contributed by atoms with Crippen molar-refractivity contribution in [2.24, 2.45) is 5.92 Å². The maximum Gasteiger partial charge on any atom is 0.290 e. The SMILES string of the molecule is Cc1nc(NC2CCCC2C)ccc1[N+](=O)[O-]. The Bertz CT molecular complexity index is 434. The number of anilines is 1. The van der Waals surface area contributed by atoms with E-state index in [4.69, 9.17) is 0 Å². The highest BCUT2D eigenvalue weighted by molar-refractivity contribution is 5.45. The van der Waals surface area contributed by atoms with Gasteiger partial charge in [0.05, 0.1) is 4.92 Å². The molecule has 0 aromatic carbocycles. The van der Waals surface area contributed by atoms with Crippen LogP contribution in [0.15, 0.2) is 12.1 Å². The first-order valence-electron chi connectivity index (χ1n) is 5.96. The number of nitrogens with zero attached hydrogens (tertiary/aromatic N) is 2. The minimum Gasteiger partial charge on any atom is -0.367 e. The zero-order valence-electron chi connectivity index (χ0n) is 10.1. The summed E-state index contributed by atoms with van der Waals surface area (Å²) >= 11 is 0. The summed E-state index contributed by atoms with van der Waals surface area (Å²) in [5.74, 6) is 1.39. The lowest BCUT2D eigenvalue weighted by atomic mass is 10.1. The minimum absolute atomic E-state index is 0.0787. The lowest BCUT2D eigenvalue weighted by Crippen LogP contribution is -2.22. The van der Waals surface area contributed by atoms with Crippen LogP contribution in [0.1, 0.15) is 31.9 Å². The number of rotatable bonds is 3. The molecule has 1 heterocycles. The molecule has 0 saturated heterocycles. The molecule has 5 heteroatoms. The Morgan fingerprint density at radius 3 is 2.76 bits per heavy atom. The van der Waals surface area contributed by atoms with Crippen molar-refractivity contribution in [1.82, 2.24) is 4.98 Å². The highest BCUT2D eigenvalue weighted by Gasteiger charge is 2.23. The van der Waals surface area contributed by atoms with Crippen LogP contribution in [-0.4, -0.2) is 15.9 Å². The van der Waals surface area contributed by atoms with E-state index in [2.05, 4.69) is 17.2 Å². The van der Waals surface area contributed by atoms with Crippen LogP contribution in [0.4, 0.5) is 11.5 Å². The largest absolute Gasteiger partial charge is 0.367 e. The molecular weight excluding hydrogens is 218 g/mol. The Hall–Kier alpha value is -1.65. The molecule has 0 radical (unpaired) electrons. The van der Waals surface area contributed by atoms with Crippen LogP contribution in [0, 0.1) is 23.0 Å². The Morgan fingerprint density at radius 2 is 2.24 bits per heavy atom. The van der Waals surface area contributed by atoms with Crippen molar-refractivity contribution in [3.8, 4) is 0 Å². The molecule has 92 valence electrons. The molecule has 1 aromatic rings. The molecule has 5 nitrogen and oxygen atoms in total. The van der Waals surface area contributed by atoms with Crippen molar-refractivity contribution in [2.45, 2.75) is 39.2 Å². The average molecular weight is 235 g/mol. The van der Waals surface area contributed by atoms with Crippen molar-refractivity contribution in [2.75, 3.05) is 5.32 Å². The monoisotopic (exact) mass is 235 g/mol. The van der Waals surface area contributed by atoms with E-state index in [0.29, 0.717) is 17.7 Å². The van der Waals surface area contributed by atoms with Gasteiger partial charge >= 0.3 is 0 Å². The summed E-state index contributed by atoms with van der Waals surface area (Å²) in [6.07, 6.45) is 3.63. The Kier molecular flexibility index (Phi) is 3.26. The fourth-order valence-corrected chi connectivity index (χ4v) is 2.38. The van der Waals surface area contributed by atoms with Gasteiger partial charge in [0.25, 0.3) is 5.69 Å². The fourth-order valence-electron chi connectivity index (χ4n) is 2.38. The van der Waals surface area contributed by atoms with Gasteiger partial charge in [-0.05, 0) is 31.7 Å². The van der Waals surface area contributed by atoms with Crippen molar-refractivity contribution < 1.29 is 4.92 Å². The van der Waals surface area contributed by atoms with E-state index in [-0.39, 0.29) is 5.69 Å². The lowest BCUT2D eigenvalue weighted by Gasteiger charge is -2.17. The fraction of sp³-hybridized carbons (Fsp3) is 0.583. The molecule has 1 N–H and O–H groups in total. The van der Waals surface area contributed by atoms with E-state index in [1.165, 1.54) is 18.9 Å². The molecule has 2 unspecified atom stereocenters. The molecule has 2 atom stereocenters. The van der Waals surface area contributed by atoms with E-state index in [1.54, 1.807) is 13.0 Å². The third-order valence-electron chi connectivity index (χ3n) is 3.45. The number of nitro groups is 1. The molecule has 2 rings (SSSR count). The van der Waals surface area contributed by atoms with Gasteiger partial charge in [0.15, 0.2) is 0 Å². The van der Waals surface area contributed by atoms with E-state index >= 15 is 0 Å². The smallest absolute Gasteiger partial charge is 0.290 e. The number of aromatic nitrogens is 1. The first kappa shape index (κ1) is 11.8. The molecule has 17 heavy (non-hydrogen) atoms. The van der Waals surface area contributed by atoms with Gasteiger partial charge in [-0.2, -0.15) is 0 Å². The first-order chi connectivity index (χ1) is 8.08. The maximum atomic E-state index is 10.7. The van der Waals surface area contributed by atoms with E-state index in [9.17, 15) is 10.1 Å². The Morgan fingerprint density at radius 1 is 1.47 bits per heavy atom. The number of nitrogens with one attached hydrogen (secondary N) is 1. The minimum atomic E-state index is -0.399. The second-order valence-corrected chi connectivity index (χ2v) is 4.72. The van der Waals surface area contributed by atoms with Crippen LogP contribution >= 0.6 is 0 Å². The normalized spacial score (nSPS) is 23.6. The van der Waals surface area contributed by atoms with Crippen molar-refractivity contribution in [3.05, 3.63) is 27.9 Å². The zero-order valence-corrected chi connectivity index (χ0v) is 10.1. The maximum absolute atomic E-state index is 10.7. The first-order valence-corrected chi connectivity index (χ1v) is 5.96. The molecule has 0 bridgehead atoms. The van der Waals surface area contributed by atoms with E-state index in [1.807, 2.05) is 0 Å². The summed E-state index contributed by atoms with van der Waals surface area (Å²) in [7, 11) is 0. The lowest BCUT2D eigenvalue weighted by molar-refractivity contribution is -0.385. The summed E-state index contributed by atoms with van der Waals surface area (Å²) in [4.78, 5) is 14.5. The van der Waals surface area contributed by atoms with Crippen molar-refractivity contribution >= 4 is 11.5 Å². The van der Waals surface area contributed by atoms with Gasteiger partial charge in [-0.1, -0.05) is 13.3 Å². The van der Waals surface area contributed by atoms with E-state index < -0.39 is 4.92 Å². The highest BCUT2D eigenvalue weighted by atomic mass is 16.6. The predicted molar refractivity (Wildman–Crippen MR) is 66.1 cm³/mol. The van der Waals surface area contributed by atoms with Crippen LogP contribution in [0.3, 0.4) is 0 Å². The van der Waals surface area contributed by atoms with Gasteiger partial charge < -0.3 is 5.32 Å². The van der Waals surface area contributed by atoms with Crippen LogP contribution in [-0.2, 0) is 0 Å². The van der Waals surface area contributed by atoms with Crippen LogP contribution < -0.4 is 5.32 Å². The van der Waals surface area contributed by atoms with Crippen LogP contribution in [0.2, 0.25) is 0 Å². The summed E-state index contributed by atoms with van der Waals surface area (Å²) in [5.41, 5.74) is 0.542. The third kappa shape index (κ3) is 2.54. The average Bonchev–Trinajstić information content (AvgIpc) is 2.64. The molecule has 1 fully saturated rings. The van der Waals surface area contributed by atoms with Crippen LogP contribution in [0.25, 0.3) is 0 Å². The van der Waals surface area contributed by atoms with Gasteiger partial charge in [0.2, 0.25) is 0 Å². The number of hydrogen-bond acceptors (Lipinski definition) is 4. The van der Waals surface area contributed by atoms with Gasteiger partial charge in [-0.3, -0.25) is 10.1 Å². The predicted octanol–water partition coefficient (Wildman–Crippen LogP) is 2.90. The molecule has 0 aliphatic heterocycles. The third-order valence-corrected chi connectivity index (χ3v) is 3.45. The number of aryl methyl sites for hydroxylation is 1. The molecule has 1 aliphatic rings. The van der Waals surface area contributed by atoms with E-state index in [0.717, 1.165) is 12.2 Å². The molecule has 1 aromatic heterocycles. The van der Waals surface area contributed by atoms with Gasteiger partial charge in [0.1, 0.15) is 11.5 Å². The highest BCUT2D eigenvalue weighted by Crippen LogP contribution is 2.28. The molecule has 0 spiro atoms. The quantitative estimate of drug-likeness (QED) is 0.646. The second-order valence-electron chi connectivity index (χ2n) is 4.72. The topological polar surface area (TPSA) is 68.1 Å². The number of pyridine rings is 1. The molecular formula is C12H17N3O2. The van der Waals surface area contributed by atoms with Gasteiger partial charge in [0, 0.05) is 12.1 Å². The Balaban J connectivity index is 2.12. The van der Waals surface area contributed by atoms with Crippen LogP contribution in [0.5, 0.6) is 0 Å². The van der Waals surface area contributed by atoms with Gasteiger partial charge in [-0.15, -0.1) is 0 Å². The van der Waals surface area contributed by atoms with Crippen molar-refractivity contribution in [1.29, 1.82) is 0 Å². The van der Waals surface area contributed by atoms with Crippen molar-refractivity contribution in [3.63, 3.8) is 0 Å². The van der Waals surface area contributed by atoms with Gasteiger partial charge in [-0.25, -0.2) is 4.98 Å². The summed E-state index contributed by atoms with van der Waals surface area (Å²) in [6.45, 7) is 3.89. The standard InChI is InChI=1S/C12H17N3O2/c1-8-4-3-5-10(8)14-12-7-6-11(15(16)17)9(2)13-12/h6-8,10H,3-5H2,1-2H3,(H,13,14). The summed E-state index contributed by atoms with van der Waals surface area (Å²) in [5, 5.41) is 14.0. The molecule has 0 amide bonds. The summed E-state index contributed by atoms with van der Waals surface area (Å²) in [6, 6.07) is 3.66. The summed E-state index contributed by atoms with van der Waals surface area (Å²) < 4.78 is 0. The Labute approximate surface area is 100 Å². The zero-order chi connectivity index (χ0) is 12.4. The number of hydrogen-bond donors (Lipinski definition) is 1. The molecule has 1 saturated carbocycles.